The molecule has 0 amide bonds. The smallest absolute Gasteiger partial charge is 0.0937 e. The van der Waals surface area contributed by atoms with Crippen molar-refractivity contribution in [3.05, 3.63) is 78.0 Å². The van der Waals surface area contributed by atoms with Gasteiger partial charge in [0, 0.05) is 5.92 Å². The zero-order chi connectivity index (χ0) is 15.1. The minimum atomic E-state index is -1.48. The lowest BCUT2D eigenvalue weighted by Crippen LogP contribution is -2.39. The molecule has 0 heterocycles. The van der Waals surface area contributed by atoms with E-state index in [1.807, 2.05) is 0 Å². The van der Waals surface area contributed by atoms with Crippen LogP contribution in [0.15, 0.2) is 72.4 Å². The molecule has 0 fully saturated rings. The second kappa shape index (κ2) is 7.42. The fourth-order valence-electron chi connectivity index (χ4n) is 2.71. The number of hydrogen-bond donors (Lipinski definition) is 0. The van der Waals surface area contributed by atoms with Crippen molar-refractivity contribution in [2.75, 3.05) is 0 Å². The first-order valence-corrected chi connectivity index (χ1v) is 11.0. The second-order valence-electron chi connectivity index (χ2n) is 6.25. The Morgan fingerprint density at radius 3 is 2.05 bits per heavy atom. The molecule has 0 N–H and O–H groups in total. The van der Waals surface area contributed by atoms with Crippen molar-refractivity contribution in [1.82, 2.24) is 0 Å². The van der Waals surface area contributed by atoms with Crippen molar-refractivity contribution in [3.8, 4) is 0 Å². The van der Waals surface area contributed by atoms with Crippen LogP contribution in [-0.2, 0) is 0 Å². The number of hydrogen-bond acceptors (Lipinski definition) is 0. The molecule has 0 aliphatic carbocycles. The van der Waals surface area contributed by atoms with Crippen LogP contribution in [0.5, 0.6) is 0 Å². The zero-order valence-electron chi connectivity index (χ0n) is 13.4. The fourth-order valence-corrected chi connectivity index (χ4v) is 4.66. The van der Waals surface area contributed by atoms with Crippen LogP contribution in [0.25, 0.3) is 0 Å². The third-order valence-electron chi connectivity index (χ3n) is 4.09. The Balaban J connectivity index is 2.20. The molecular formula is C20H26Si. The second-order valence-corrected chi connectivity index (χ2v) is 10.6. The highest BCUT2D eigenvalue weighted by atomic mass is 28.3. The molecular weight excluding hydrogens is 268 g/mol. The van der Waals surface area contributed by atoms with Crippen LogP contribution in [0.3, 0.4) is 0 Å². The number of rotatable bonds is 6. The summed E-state index contributed by atoms with van der Waals surface area (Å²) >= 11 is 0. The van der Waals surface area contributed by atoms with Crippen molar-refractivity contribution in [2.45, 2.75) is 38.8 Å². The van der Waals surface area contributed by atoms with Crippen molar-refractivity contribution in [2.24, 2.45) is 0 Å². The van der Waals surface area contributed by atoms with E-state index >= 15 is 0 Å². The Morgan fingerprint density at radius 1 is 0.905 bits per heavy atom. The molecule has 21 heavy (non-hydrogen) atoms. The molecule has 0 saturated heterocycles. The standard InChI is InChI=1S/C20H26Si/c1-4-11-18(19-12-7-5-8-13-19)16-17-21(2,3)20-14-9-6-10-15-20/h5-10,12-18H,4,11H2,1-3H3/b17-16+. The first-order valence-electron chi connectivity index (χ1n) is 7.93. The zero-order valence-corrected chi connectivity index (χ0v) is 14.4. The molecule has 1 unspecified atom stereocenters. The summed E-state index contributed by atoms with van der Waals surface area (Å²) in [5.74, 6) is 0.548. The van der Waals surface area contributed by atoms with E-state index in [1.54, 1.807) is 0 Å². The summed E-state index contributed by atoms with van der Waals surface area (Å²) < 4.78 is 0. The van der Waals surface area contributed by atoms with Gasteiger partial charge in [-0.15, -0.1) is 0 Å². The van der Waals surface area contributed by atoms with Crippen LogP contribution in [0, 0.1) is 0 Å². The minimum absolute atomic E-state index is 0.548. The molecule has 0 spiro atoms. The molecule has 2 aromatic rings. The lowest BCUT2D eigenvalue weighted by molar-refractivity contribution is 0.718. The molecule has 0 radical (unpaired) electrons. The summed E-state index contributed by atoms with van der Waals surface area (Å²) in [5.41, 5.74) is 3.95. The van der Waals surface area contributed by atoms with Gasteiger partial charge in [0.25, 0.3) is 0 Å². The lowest BCUT2D eigenvalue weighted by Gasteiger charge is -2.20. The molecule has 0 saturated carbocycles. The molecule has 110 valence electrons. The van der Waals surface area contributed by atoms with Gasteiger partial charge >= 0.3 is 0 Å². The number of benzene rings is 2. The maximum Gasteiger partial charge on any atom is 0.103 e. The molecule has 1 atom stereocenters. The highest BCUT2D eigenvalue weighted by Gasteiger charge is 2.20. The van der Waals surface area contributed by atoms with E-state index in [4.69, 9.17) is 0 Å². The van der Waals surface area contributed by atoms with E-state index in [-0.39, 0.29) is 0 Å². The molecule has 2 aromatic carbocycles. The summed E-state index contributed by atoms with van der Waals surface area (Å²) in [7, 11) is -1.48. The van der Waals surface area contributed by atoms with E-state index in [0.29, 0.717) is 5.92 Å². The third kappa shape index (κ3) is 4.43. The molecule has 0 aliphatic rings. The third-order valence-corrected chi connectivity index (χ3v) is 6.94. The normalized spacial score (nSPS) is 13.5. The Hall–Kier alpha value is -1.60. The van der Waals surface area contributed by atoms with Gasteiger partial charge in [0.15, 0.2) is 0 Å². The van der Waals surface area contributed by atoms with E-state index in [2.05, 4.69) is 92.5 Å². The summed E-state index contributed by atoms with van der Waals surface area (Å²) in [4.78, 5) is 0. The Bertz CT molecular complexity index is 555. The fraction of sp³-hybridized carbons (Fsp3) is 0.300. The monoisotopic (exact) mass is 294 g/mol. The van der Waals surface area contributed by atoms with Gasteiger partial charge in [0.2, 0.25) is 0 Å². The van der Waals surface area contributed by atoms with E-state index in [9.17, 15) is 0 Å². The van der Waals surface area contributed by atoms with E-state index in [0.717, 1.165) is 0 Å². The summed E-state index contributed by atoms with van der Waals surface area (Å²) in [6, 6.07) is 21.8. The predicted molar refractivity (Wildman–Crippen MR) is 96.8 cm³/mol. The summed E-state index contributed by atoms with van der Waals surface area (Å²) in [6.07, 6.45) is 4.90. The van der Waals surface area contributed by atoms with E-state index < -0.39 is 8.07 Å². The van der Waals surface area contributed by atoms with Gasteiger partial charge in [-0.25, -0.2) is 0 Å². The van der Waals surface area contributed by atoms with Gasteiger partial charge in [-0.2, -0.15) is 0 Å². The van der Waals surface area contributed by atoms with Crippen LogP contribution in [0.4, 0.5) is 0 Å². The molecule has 1 heteroatoms. The molecule has 0 aliphatic heterocycles. The van der Waals surface area contributed by atoms with Crippen LogP contribution in [-0.4, -0.2) is 8.07 Å². The quantitative estimate of drug-likeness (QED) is 0.636. The Morgan fingerprint density at radius 2 is 1.48 bits per heavy atom. The first kappa shape index (κ1) is 15.8. The summed E-state index contributed by atoms with van der Waals surface area (Å²) in [6.45, 7) is 7.11. The average Bonchev–Trinajstić information content (AvgIpc) is 2.53. The van der Waals surface area contributed by atoms with Crippen molar-refractivity contribution < 1.29 is 0 Å². The molecule has 0 aromatic heterocycles. The summed E-state index contributed by atoms with van der Waals surface area (Å²) in [5, 5.41) is 1.50. The van der Waals surface area contributed by atoms with Crippen molar-refractivity contribution in [1.29, 1.82) is 0 Å². The van der Waals surface area contributed by atoms with E-state index in [1.165, 1.54) is 23.6 Å². The molecule has 2 rings (SSSR count). The van der Waals surface area contributed by atoms with Gasteiger partial charge < -0.3 is 0 Å². The van der Waals surface area contributed by atoms with Crippen LogP contribution >= 0.6 is 0 Å². The van der Waals surface area contributed by atoms with Crippen LogP contribution in [0.2, 0.25) is 13.1 Å². The average molecular weight is 295 g/mol. The predicted octanol–water partition coefficient (Wildman–Crippen LogP) is 5.28. The van der Waals surface area contributed by atoms with Gasteiger partial charge in [-0.3, -0.25) is 0 Å². The largest absolute Gasteiger partial charge is 0.103 e. The van der Waals surface area contributed by atoms with Gasteiger partial charge in [0.05, 0.1) is 0 Å². The van der Waals surface area contributed by atoms with Crippen molar-refractivity contribution >= 4 is 13.3 Å². The molecule has 0 nitrogen and oxygen atoms in total. The number of allylic oxidation sites excluding steroid dienone is 1. The Kier molecular flexibility index (Phi) is 5.57. The maximum atomic E-state index is 2.51. The highest BCUT2D eigenvalue weighted by molar-refractivity contribution is 6.93. The highest BCUT2D eigenvalue weighted by Crippen LogP contribution is 2.23. The van der Waals surface area contributed by atoms with Crippen molar-refractivity contribution in [3.63, 3.8) is 0 Å². The lowest BCUT2D eigenvalue weighted by atomic mass is 9.95. The topological polar surface area (TPSA) is 0 Å². The van der Waals surface area contributed by atoms with Crippen LogP contribution < -0.4 is 5.19 Å². The minimum Gasteiger partial charge on any atom is -0.0937 e. The first-order chi connectivity index (χ1) is 10.1. The van der Waals surface area contributed by atoms with Gasteiger partial charge in [-0.05, 0) is 12.0 Å². The molecule has 0 bridgehead atoms. The SMILES string of the molecule is CCCC(/C=C/[Si](C)(C)c1ccccc1)c1ccccc1. The van der Waals surface area contributed by atoms with Crippen LogP contribution in [0.1, 0.15) is 31.2 Å². The van der Waals surface area contributed by atoms with Gasteiger partial charge in [0.1, 0.15) is 8.07 Å². The maximum absolute atomic E-state index is 2.51. The van der Waals surface area contributed by atoms with Gasteiger partial charge in [-0.1, -0.05) is 104 Å². The Labute approximate surface area is 130 Å².